The first-order valence-electron chi connectivity index (χ1n) is 7.36. The molecule has 22 heavy (non-hydrogen) atoms. The zero-order valence-corrected chi connectivity index (χ0v) is 12.5. The van der Waals surface area contributed by atoms with Crippen LogP contribution in [-0.2, 0) is 9.59 Å². The maximum absolute atomic E-state index is 12.4. The van der Waals surface area contributed by atoms with Gasteiger partial charge in [-0.3, -0.25) is 9.59 Å². The van der Waals surface area contributed by atoms with Crippen molar-refractivity contribution in [3.8, 4) is 0 Å². The fraction of sp³-hybridized carbons (Fsp3) is 0.222. The van der Waals surface area contributed by atoms with Crippen molar-refractivity contribution < 1.29 is 9.59 Å². The van der Waals surface area contributed by atoms with E-state index in [1.165, 1.54) is 0 Å². The molecule has 0 bridgehead atoms. The van der Waals surface area contributed by atoms with E-state index in [0.29, 0.717) is 6.54 Å². The summed E-state index contributed by atoms with van der Waals surface area (Å²) in [5, 5.41) is 2.90. The van der Waals surface area contributed by atoms with E-state index < -0.39 is 0 Å². The molecule has 1 fully saturated rings. The molecule has 1 heterocycles. The number of carbonyl (C=O) groups excluding carboxylic acids is 2. The first-order chi connectivity index (χ1) is 10.6. The fourth-order valence-corrected chi connectivity index (χ4v) is 2.71. The first kappa shape index (κ1) is 14.3. The summed E-state index contributed by atoms with van der Waals surface area (Å²) < 4.78 is 0. The van der Waals surface area contributed by atoms with Gasteiger partial charge in [-0.05, 0) is 36.8 Å². The summed E-state index contributed by atoms with van der Waals surface area (Å²) in [4.78, 5) is 26.2. The van der Waals surface area contributed by atoms with Gasteiger partial charge < -0.3 is 10.2 Å². The summed E-state index contributed by atoms with van der Waals surface area (Å²) in [6, 6.07) is 17.1. The van der Waals surface area contributed by atoms with Gasteiger partial charge in [0.25, 0.3) is 0 Å². The molecule has 1 atom stereocenters. The Morgan fingerprint density at radius 1 is 1.14 bits per heavy atom. The number of anilines is 2. The molecule has 0 radical (unpaired) electrons. The molecule has 0 aromatic heterocycles. The van der Waals surface area contributed by atoms with Crippen LogP contribution in [0, 0.1) is 12.8 Å². The molecule has 112 valence electrons. The lowest BCUT2D eigenvalue weighted by molar-refractivity contribution is -0.122. The molecule has 4 heteroatoms. The van der Waals surface area contributed by atoms with Crippen molar-refractivity contribution >= 4 is 23.2 Å². The largest absolute Gasteiger partial charge is 0.326 e. The lowest BCUT2D eigenvalue weighted by Crippen LogP contribution is -2.28. The normalized spacial score (nSPS) is 17.6. The van der Waals surface area contributed by atoms with Crippen LogP contribution in [0.5, 0.6) is 0 Å². The highest BCUT2D eigenvalue weighted by atomic mass is 16.2. The monoisotopic (exact) mass is 294 g/mol. The van der Waals surface area contributed by atoms with Crippen LogP contribution in [0.25, 0.3) is 0 Å². The second-order valence-corrected chi connectivity index (χ2v) is 5.60. The second-order valence-electron chi connectivity index (χ2n) is 5.60. The molecule has 1 saturated heterocycles. The summed E-state index contributed by atoms with van der Waals surface area (Å²) in [6.07, 6.45) is 0.256. The van der Waals surface area contributed by atoms with Crippen molar-refractivity contribution in [2.24, 2.45) is 5.92 Å². The number of aryl methyl sites for hydroxylation is 1. The van der Waals surface area contributed by atoms with E-state index in [1.807, 2.05) is 61.5 Å². The minimum absolute atomic E-state index is 0.00408. The summed E-state index contributed by atoms with van der Waals surface area (Å²) >= 11 is 0. The Labute approximate surface area is 129 Å². The lowest BCUT2D eigenvalue weighted by Gasteiger charge is -2.16. The third-order valence-electron chi connectivity index (χ3n) is 3.85. The fourth-order valence-electron chi connectivity index (χ4n) is 2.71. The molecule has 2 aromatic rings. The highest BCUT2D eigenvalue weighted by Crippen LogP contribution is 2.25. The number of hydrogen-bond donors (Lipinski definition) is 1. The van der Waals surface area contributed by atoms with Gasteiger partial charge in [0.2, 0.25) is 11.8 Å². The van der Waals surface area contributed by atoms with Gasteiger partial charge in [-0.25, -0.2) is 0 Å². The molecular formula is C18H18N2O2. The van der Waals surface area contributed by atoms with Crippen molar-refractivity contribution in [2.45, 2.75) is 13.3 Å². The van der Waals surface area contributed by atoms with Crippen LogP contribution in [0.3, 0.4) is 0 Å². The van der Waals surface area contributed by atoms with E-state index in [-0.39, 0.29) is 24.2 Å². The third kappa shape index (κ3) is 3.01. The smallest absolute Gasteiger partial charge is 0.229 e. The summed E-state index contributed by atoms with van der Waals surface area (Å²) in [5.74, 6) is -0.416. The number of rotatable bonds is 3. The molecule has 2 aromatic carbocycles. The van der Waals surface area contributed by atoms with Crippen molar-refractivity contribution in [2.75, 3.05) is 16.8 Å². The van der Waals surface area contributed by atoms with Crippen molar-refractivity contribution in [3.63, 3.8) is 0 Å². The molecule has 0 saturated carbocycles. The molecule has 0 spiro atoms. The molecule has 0 aliphatic carbocycles. The van der Waals surface area contributed by atoms with Gasteiger partial charge in [0.1, 0.15) is 0 Å². The van der Waals surface area contributed by atoms with Crippen LogP contribution in [0.15, 0.2) is 54.6 Å². The van der Waals surface area contributed by atoms with Gasteiger partial charge in [-0.2, -0.15) is 0 Å². The number of amides is 2. The van der Waals surface area contributed by atoms with E-state index in [9.17, 15) is 9.59 Å². The molecular weight excluding hydrogens is 276 g/mol. The Hall–Kier alpha value is -2.62. The van der Waals surface area contributed by atoms with E-state index in [0.717, 1.165) is 16.9 Å². The van der Waals surface area contributed by atoms with E-state index >= 15 is 0 Å². The Bertz CT molecular complexity index is 697. The number of carbonyl (C=O) groups is 2. The summed E-state index contributed by atoms with van der Waals surface area (Å²) in [7, 11) is 0. The van der Waals surface area contributed by atoms with Gasteiger partial charge in [0.05, 0.1) is 5.92 Å². The zero-order chi connectivity index (χ0) is 15.5. The van der Waals surface area contributed by atoms with Crippen molar-refractivity contribution in [1.82, 2.24) is 0 Å². The Balaban J connectivity index is 1.69. The van der Waals surface area contributed by atoms with Crippen LogP contribution in [0.1, 0.15) is 12.0 Å². The lowest BCUT2D eigenvalue weighted by atomic mass is 10.1. The Morgan fingerprint density at radius 2 is 1.91 bits per heavy atom. The van der Waals surface area contributed by atoms with E-state index in [1.54, 1.807) is 4.90 Å². The minimum Gasteiger partial charge on any atom is -0.326 e. The highest BCUT2D eigenvalue weighted by molar-refractivity contribution is 6.03. The maximum Gasteiger partial charge on any atom is 0.229 e. The van der Waals surface area contributed by atoms with Gasteiger partial charge in [-0.15, -0.1) is 0 Å². The molecule has 2 amide bonds. The standard InChI is InChI=1S/C18H18N2O2/c1-13-6-5-7-15(10-13)19-18(22)14-11-17(21)20(12-14)16-8-3-2-4-9-16/h2-10,14H,11-12H2,1H3,(H,19,22)/t14-/m0/s1. The second kappa shape index (κ2) is 6.02. The van der Waals surface area contributed by atoms with Gasteiger partial charge in [0, 0.05) is 24.3 Å². The number of nitrogens with zero attached hydrogens (tertiary/aromatic N) is 1. The Morgan fingerprint density at radius 3 is 2.64 bits per heavy atom. The molecule has 1 aliphatic rings. The first-order valence-corrected chi connectivity index (χ1v) is 7.36. The minimum atomic E-state index is -0.312. The number of para-hydroxylation sites is 1. The average Bonchev–Trinajstić information content (AvgIpc) is 2.90. The number of hydrogen-bond acceptors (Lipinski definition) is 2. The topological polar surface area (TPSA) is 49.4 Å². The number of benzene rings is 2. The highest BCUT2D eigenvalue weighted by Gasteiger charge is 2.35. The van der Waals surface area contributed by atoms with Crippen LogP contribution in [0.4, 0.5) is 11.4 Å². The number of nitrogens with one attached hydrogen (secondary N) is 1. The van der Waals surface area contributed by atoms with Crippen LogP contribution in [0.2, 0.25) is 0 Å². The molecule has 1 N–H and O–H groups in total. The molecule has 1 aliphatic heterocycles. The molecule has 0 unspecified atom stereocenters. The van der Waals surface area contributed by atoms with E-state index in [2.05, 4.69) is 5.32 Å². The predicted molar refractivity (Wildman–Crippen MR) is 86.7 cm³/mol. The Kier molecular flexibility index (Phi) is 3.92. The SMILES string of the molecule is Cc1cccc(NC(=O)[C@H]2CC(=O)N(c3ccccc3)C2)c1. The van der Waals surface area contributed by atoms with Crippen LogP contribution in [-0.4, -0.2) is 18.4 Å². The van der Waals surface area contributed by atoms with Crippen LogP contribution >= 0.6 is 0 Å². The maximum atomic E-state index is 12.4. The summed E-state index contributed by atoms with van der Waals surface area (Å²) in [6.45, 7) is 2.41. The third-order valence-corrected chi connectivity index (χ3v) is 3.85. The van der Waals surface area contributed by atoms with Gasteiger partial charge >= 0.3 is 0 Å². The van der Waals surface area contributed by atoms with E-state index in [4.69, 9.17) is 0 Å². The summed E-state index contributed by atoms with van der Waals surface area (Å²) in [5.41, 5.74) is 2.71. The molecule has 3 rings (SSSR count). The predicted octanol–water partition coefficient (Wildman–Crippen LogP) is 2.99. The quantitative estimate of drug-likeness (QED) is 0.946. The van der Waals surface area contributed by atoms with Crippen molar-refractivity contribution in [1.29, 1.82) is 0 Å². The van der Waals surface area contributed by atoms with Gasteiger partial charge in [-0.1, -0.05) is 30.3 Å². The average molecular weight is 294 g/mol. The van der Waals surface area contributed by atoms with Gasteiger partial charge in [0.15, 0.2) is 0 Å². The van der Waals surface area contributed by atoms with Crippen LogP contribution < -0.4 is 10.2 Å². The van der Waals surface area contributed by atoms with Crippen molar-refractivity contribution in [3.05, 3.63) is 60.2 Å². The molecule has 4 nitrogen and oxygen atoms in total. The zero-order valence-electron chi connectivity index (χ0n) is 12.5.